The lowest BCUT2D eigenvalue weighted by atomic mass is 10.0. The maximum Gasteiger partial charge on any atom is 0.162 e. The lowest BCUT2D eigenvalue weighted by Crippen LogP contribution is -2.08. The summed E-state index contributed by atoms with van der Waals surface area (Å²) >= 11 is 0. The number of aryl methyl sites for hydroxylation is 1. The lowest BCUT2D eigenvalue weighted by Gasteiger charge is -2.06. The van der Waals surface area contributed by atoms with Gasteiger partial charge in [-0.25, -0.2) is 0 Å². The third-order valence-corrected chi connectivity index (χ3v) is 2.55. The molecule has 15 heavy (non-hydrogen) atoms. The van der Waals surface area contributed by atoms with Crippen LogP contribution in [0.1, 0.15) is 42.1 Å². The smallest absolute Gasteiger partial charge is 0.162 e. The molecule has 0 saturated carbocycles. The Hall–Kier alpha value is -1.15. The van der Waals surface area contributed by atoms with E-state index >= 15 is 0 Å². The average Bonchev–Trinajstić information content (AvgIpc) is 2.26. The van der Waals surface area contributed by atoms with Gasteiger partial charge in [-0.15, -0.1) is 0 Å². The SMILES string of the molecule is CCC(O)CCC(=O)c1ccc(C)cc1. The van der Waals surface area contributed by atoms with Crippen LogP contribution in [0.5, 0.6) is 0 Å². The molecular weight excluding hydrogens is 188 g/mol. The second-order valence-corrected chi connectivity index (χ2v) is 3.89. The molecule has 1 aromatic carbocycles. The van der Waals surface area contributed by atoms with E-state index in [1.807, 2.05) is 38.1 Å². The monoisotopic (exact) mass is 206 g/mol. The van der Waals surface area contributed by atoms with Crippen molar-refractivity contribution in [2.45, 2.75) is 39.2 Å². The molecule has 1 atom stereocenters. The number of ketones is 1. The molecule has 1 unspecified atom stereocenters. The first-order valence-corrected chi connectivity index (χ1v) is 5.41. The van der Waals surface area contributed by atoms with Crippen LogP contribution in [0.3, 0.4) is 0 Å². The van der Waals surface area contributed by atoms with E-state index in [0.717, 1.165) is 11.1 Å². The molecule has 0 bridgehead atoms. The predicted molar refractivity (Wildman–Crippen MR) is 61.0 cm³/mol. The maximum atomic E-state index is 11.7. The molecule has 0 spiro atoms. The van der Waals surface area contributed by atoms with Crippen molar-refractivity contribution in [2.24, 2.45) is 0 Å². The molecule has 0 heterocycles. The number of carbonyl (C=O) groups is 1. The van der Waals surface area contributed by atoms with Crippen LogP contribution in [0, 0.1) is 6.92 Å². The van der Waals surface area contributed by atoms with E-state index in [1.165, 1.54) is 0 Å². The molecule has 0 amide bonds. The molecule has 2 heteroatoms. The number of benzene rings is 1. The standard InChI is InChI=1S/C13H18O2/c1-3-12(14)8-9-13(15)11-6-4-10(2)5-7-11/h4-7,12,14H,3,8-9H2,1-2H3. The molecule has 0 aliphatic carbocycles. The zero-order valence-electron chi connectivity index (χ0n) is 9.36. The summed E-state index contributed by atoms with van der Waals surface area (Å²) in [4.78, 5) is 11.7. The van der Waals surface area contributed by atoms with E-state index in [-0.39, 0.29) is 11.9 Å². The molecule has 0 aliphatic heterocycles. The Kier molecular flexibility index (Phi) is 4.50. The molecule has 0 saturated heterocycles. The predicted octanol–water partition coefficient (Wildman–Crippen LogP) is 2.73. The van der Waals surface area contributed by atoms with Crippen LogP contribution in [0.25, 0.3) is 0 Å². The van der Waals surface area contributed by atoms with Crippen molar-refractivity contribution in [3.63, 3.8) is 0 Å². The average molecular weight is 206 g/mol. The highest BCUT2D eigenvalue weighted by Crippen LogP contribution is 2.09. The Bertz CT molecular complexity index is 314. The summed E-state index contributed by atoms with van der Waals surface area (Å²) < 4.78 is 0. The van der Waals surface area contributed by atoms with Gasteiger partial charge in [0.15, 0.2) is 5.78 Å². The Labute approximate surface area is 90.9 Å². The Morgan fingerprint density at radius 3 is 2.47 bits per heavy atom. The van der Waals surface area contributed by atoms with Crippen LogP contribution in [-0.2, 0) is 0 Å². The van der Waals surface area contributed by atoms with Gasteiger partial charge in [-0.1, -0.05) is 36.8 Å². The molecular formula is C13H18O2. The molecule has 2 nitrogen and oxygen atoms in total. The van der Waals surface area contributed by atoms with E-state index in [0.29, 0.717) is 19.3 Å². The van der Waals surface area contributed by atoms with Crippen molar-refractivity contribution in [3.05, 3.63) is 35.4 Å². The lowest BCUT2D eigenvalue weighted by molar-refractivity contribution is 0.0937. The van der Waals surface area contributed by atoms with Crippen molar-refractivity contribution >= 4 is 5.78 Å². The van der Waals surface area contributed by atoms with Gasteiger partial charge in [0, 0.05) is 12.0 Å². The topological polar surface area (TPSA) is 37.3 Å². The van der Waals surface area contributed by atoms with Gasteiger partial charge in [-0.3, -0.25) is 4.79 Å². The number of hydrogen-bond donors (Lipinski definition) is 1. The molecule has 0 aliphatic rings. The van der Waals surface area contributed by atoms with E-state index in [2.05, 4.69) is 0 Å². The summed E-state index contributed by atoms with van der Waals surface area (Å²) in [7, 11) is 0. The van der Waals surface area contributed by atoms with Crippen molar-refractivity contribution in [2.75, 3.05) is 0 Å². The number of aliphatic hydroxyl groups excluding tert-OH is 1. The molecule has 0 radical (unpaired) electrons. The maximum absolute atomic E-state index is 11.7. The van der Waals surface area contributed by atoms with E-state index in [9.17, 15) is 9.90 Å². The van der Waals surface area contributed by atoms with Gasteiger partial charge in [0.05, 0.1) is 6.10 Å². The Morgan fingerprint density at radius 1 is 1.33 bits per heavy atom. The number of hydrogen-bond acceptors (Lipinski definition) is 2. The van der Waals surface area contributed by atoms with Crippen LogP contribution in [0.4, 0.5) is 0 Å². The van der Waals surface area contributed by atoms with Crippen molar-refractivity contribution in [1.82, 2.24) is 0 Å². The molecule has 0 aromatic heterocycles. The fraction of sp³-hybridized carbons (Fsp3) is 0.462. The third-order valence-electron chi connectivity index (χ3n) is 2.55. The van der Waals surface area contributed by atoms with Crippen LogP contribution in [0.2, 0.25) is 0 Å². The zero-order valence-corrected chi connectivity index (χ0v) is 9.36. The number of Topliss-reactive ketones (excluding diaryl/α,β-unsaturated/α-hetero) is 1. The van der Waals surface area contributed by atoms with Crippen molar-refractivity contribution in [3.8, 4) is 0 Å². The summed E-state index contributed by atoms with van der Waals surface area (Å²) in [5.74, 6) is 0.113. The zero-order chi connectivity index (χ0) is 11.3. The van der Waals surface area contributed by atoms with E-state index in [4.69, 9.17) is 0 Å². The van der Waals surface area contributed by atoms with Gasteiger partial charge in [0.2, 0.25) is 0 Å². The second-order valence-electron chi connectivity index (χ2n) is 3.89. The van der Waals surface area contributed by atoms with Gasteiger partial charge in [-0.05, 0) is 19.8 Å². The van der Waals surface area contributed by atoms with Gasteiger partial charge >= 0.3 is 0 Å². The molecule has 82 valence electrons. The van der Waals surface area contributed by atoms with Gasteiger partial charge in [0.1, 0.15) is 0 Å². The minimum Gasteiger partial charge on any atom is -0.393 e. The molecule has 1 rings (SSSR count). The highest BCUT2D eigenvalue weighted by Gasteiger charge is 2.08. The van der Waals surface area contributed by atoms with Gasteiger partial charge in [0.25, 0.3) is 0 Å². The number of aliphatic hydroxyl groups is 1. The van der Waals surface area contributed by atoms with Crippen LogP contribution >= 0.6 is 0 Å². The Morgan fingerprint density at radius 2 is 1.93 bits per heavy atom. The second kappa shape index (κ2) is 5.66. The molecule has 1 aromatic rings. The van der Waals surface area contributed by atoms with Crippen molar-refractivity contribution < 1.29 is 9.90 Å². The van der Waals surface area contributed by atoms with E-state index in [1.54, 1.807) is 0 Å². The first-order valence-electron chi connectivity index (χ1n) is 5.41. The quantitative estimate of drug-likeness (QED) is 0.752. The molecule has 0 fully saturated rings. The highest BCUT2D eigenvalue weighted by molar-refractivity contribution is 5.96. The van der Waals surface area contributed by atoms with Crippen molar-refractivity contribution in [1.29, 1.82) is 0 Å². The fourth-order valence-electron chi connectivity index (χ4n) is 1.39. The fourth-order valence-corrected chi connectivity index (χ4v) is 1.39. The minimum atomic E-state index is -0.348. The Balaban J connectivity index is 2.50. The summed E-state index contributed by atoms with van der Waals surface area (Å²) in [6.07, 6.45) is 1.35. The minimum absolute atomic E-state index is 0.113. The van der Waals surface area contributed by atoms with Gasteiger partial charge in [-0.2, -0.15) is 0 Å². The van der Waals surface area contributed by atoms with E-state index < -0.39 is 0 Å². The summed E-state index contributed by atoms with van der Waals surface area (Å²) in [6, 6.07) is 7.55. The normalized spacial score (nSPS) is 12.5. The number of rotatable bonds is 5. The van der Waals surface area contributed by atoms with Crippen LogP contribution in [-0.4, -0.2) is 17.0 Å². The largest absolute Gasteiger partial charge is 0.393 e. The first-order chi connectivity index (χ1) is 7.13. The summed E-state index contributed by atoms with van der Waals surface area (Å²) in [5.41, 5.74) is 1.89. The third kappa shape index (κ3) is 3.84. The van der Waals surface area contributed by atoms with Gasteiger partial charge < -0.3 is 5.11 Å². The highest BCUT2D eigenvalue weighted by atomic mass is 16.3. The summed E-state index contributed by atoms with van der Waals surface area (Å²) in [6.45, 7) is 3.91. The first kappa shape index (κ1) is 11.9. The molecule has 1 N–H and O–H groups in total. The van der Waals surface area contributed by atoms with Crippen LogP contribution in [0.15, 0.2) is 24.3 Å². The van der Waals surface area contributed by atoms with Crippen LogP contribution < -0.4 is 0 Å². The summed E-state index contributed by atoms with van der Waals surface area (Å²) in [5, 5.41) is 9.35. The number of carbonyl (C=O) groups excluding carboxylic acids is 1.